The van der Waals surface area contributed by atoms with Crippen molar-refractivity contribution in [3.05, 3.63) is 93.6 Å². The third-order valence-electron chi connectivity index (χ3n) is 12.2. The second-order valence-corrected chi connectivity index (χ2v) is 16.0. The van der Waals surface area contributed by atoms with Crippen LogP contribution in [0, 0.1) is 12.8 Å². The molecule has 8 rings (SSSR count). The fraction of sp³-hybridized carbons (Fsp3) is 0.442. The van der Waals surface area contributed by atoms with Crippen LogP contribution in [0.1, 0.15) is 55.9 Å². The van der Waals surface area contributed by atoms with Gasteiger partial charge < -0.3 is 49.8 Å². The summed E-state index contributed by atoms with van der Waals surface area (Å²) in [6.45, 7) is 2.54. The van der Waals surface area contributed by atoms with E-state index in [1.165, 1.54) is 36.4 Å². The fourth-order valence-corrected chi connectivity index (χ4v) is 8.90. The third kappa shape index (κ3) is 7.09. The minimum absolute atomic E-state index is 0.0201. The smallest absolute Gasteiger partial charge is 0.193 e. The Bertz CT molecular complexity index is 2350. The molecule has 1 aromatic heterocycles. The van der Waals surface area contributed by atoms with E-state index in [-0.39, 0.29) is 29.3 Å². The lowest BCUT2D eigenvalue weighted by Crippen LogP contribution is -2.58. The summed E-state index contributed by atoms with van der Waals surface area (Å²) >= 11 is 0. The lowest BCUT2D eigenvalue weighted by atomic mass is 9.72. The number of aliphatic imine (C=N–C) groups is 1. The van der Waals surface area contributed by atoms with E-state index in [4.69, 9.17) is 18.9 Å². The molecular formula is C43H48N2O12. The van der Waals surface area contributed by atoms with Crippen molar-refractivity contribution >= 4 is 33.1 Å². The molecule has 4 aromatic rings. The van der Waals surface area contributed by atoms with Crippen molar-refractivity contribution in [2.45, 2.75) is 94.4 Å². The van der Waals surface area contributed by atoms with Crippen LogP contribution in [-0.4, -0.2) is 96.8 Å². The maximum absolute atomic E-state index is 13.5. The predicted molar refractivity (Wildman–Crippen MR) is 210 cm³/mol. The number of phenolic OH excluding ortho intramolecular Hbond substituents is 2. The van der Waals surface area contributed by atoms with Crippen molar-refractivity contribution < 1.29 is 54.7 Å². The topological polar surface area (TPSA) is 215 Å². The number of aromatic hydroxyl groups is 2. The summed E-state index contributed by atoms with van der Waals surface area (Å²) in [5, 5.41) is 76.2. The minimum atomic E-state index is -2.35. The van der Waals surface area contributed by atoms with Gasteiger partial charge in [0.2, 0.25) is 0 Å². The van der Waals surface area contributed by atoms with Crippen molar-refractivity contribution in [2.24, 2.45) is 10.9 Å². The second-order valence-electron chi connectivity index (χ2n) is 16.0. The van der Waals surface area contributed by atoms with E-state index < -0.39 is 55.3 Å². The van der Waals surface area contributed by atoms with Crippen molar-refractivity contribution in [1.82, 2.24) is 0 Å². The van der Waals surface area contributed by atoms with Gasteiger partial charge in [-0.25, -0.2) is 9.78 Å². The Morgan fingerprint density at radius 1 is 1.04 bits per heavy atom. The molecule has 1 fully saturated rings. The zero-order valence-corrected chi connectivity index (χ0v) is 31.8. The number of hydrogen-bond acceptors (Lipinski definition) is 14. The van der Waals surface area contributed by atoms with Crippen LogP contribution in [0.2, 0.25) is 0 Å². The Morgan fingerprint density at radius 2 is 1.82 bits per heavy atom. The molecule has 14 nitrogen and oxygen atoms in total. The molecule has 0 bridgehead atoms. The van der Waals surface area contributed by atoms with Crippen molar-refractivity contribution in [3.63, 3.8) is 0 Å². The van der Waals surface area contributed by atoms with Crippen LogP contribution in [0.15, 0.2) is 80.7 Å². The summed E-state index contributed by atoms with van der Waals surface area (Å²) in [6, 6.07) is 10.4. The Hall–Kier alpha value is -4.80. The van der Waals surface area contributed by atoms with Gasteiger partial charge in [-0.1, -0.05) is 25.3 Å². The predicted octanol–water partition coefficient (Wildman–Crippen LogP) is 3.98. The van der Waals surface area contributed by atoms with Gasteiger partial charge in [-0.15, -0.1) is 0 Å². The monoisotopic (exact) mass is 784 g/mol. The molecule has 4 heterocycles. The number of nitrogens with zero attached hydrogens (tertiary/aromatic N) is 2. The highest BCUT2D eigenvalue weighted by Crippen LogP contribution is 2.50. The summed E-state index contributed by atoms with van der Waals surface area (Å²) in [5.41, 5.74) is 0.353. The zero-order valence-electron chi connectivity index (χ0n) is 31.8. The maximum atomic E-state index is 13.5. The summed E-state index contributed by atoms with van der Waals surface area (Å²) < 4.78 is 13.4. The Morgan fingerprint density at radius 3 is 2.58 bits per heavy atom. The van der Waals surface area contributed by atoms with Gasteiger partial charge in [0.25, 0.3) is 0 Å². The van der Waals surface area contributed by atoms with Gasteiger partial charge in [-0.2, -0.15) is 0 Å². The van der Waals surface area contributed by atoms with Crippen LogP contribution < -0.4 is 15.1 Å². The molecular weight excluding hydrogens is 736 g/mol. The number of benzene rings is 3. The summed E-state index contributed by atoms with van der Waals surface area (Å²) in [4.78, 5) is 32.1. The molecule has 0 amide bonds. The highest BCUT2D eigenvalue weighted by atomic mass is 17.2. The summed E-state index contributed by atoms with van der Waals surface area (Å²) in [6.07, 6.45) is 3.60. The summed E-state index contributed by atoms with van der Waals surface area (Å²) in [7, 11) is 0. The van der Waals surface area contributed by atoms with Crippen LogP contribution >= 0.6 is 0 Å². The first-order valence-electron chi connectivity index (χ1n) is 19.4. The average Bonchev–Trinajstić information content (AvgIpc) is 3.81. The molecule has 0 radical (unpaired) electrons. The van der Waals surface area contributed by atoms with Crippen LogP contribution in [0.4, 0.5) is 5.69 Å². The first-order valence-corrected chi connectivity index (χ1v) is 19.4. The Balaban J connectivity index is 1.16. The summed E-state index contributed by atoms with van der Waals surface area (Å²) in [5.74, 6) is 0.855. The van der Waals surface area contributed by atoms with E-state index in [0.29, 0.717) is 56.6 Å². The molecule has 6 unspecified atom stereocenters. The molecule has 7 N–H and O–H groups in total. The molecule has 3 aliphatic heterocycles. The van der Waals surface area contributed by atoms with Gasteiger partial charge in [0.15, 0.2) is 16.8 Å². The molecule has 302 valence electrons. The molecule has 14 heteroatoms. The standard InChI is InChI=1S/C43H48N2O12/c1-23-14-34(49)31-15-26-16-36(42(2,27-6-4-3-5-7-27)56-39(26)37(40(31)55-23)45-19-25-12-13-44-32(25)20-45)57-54-22-43(53,41(52)38(51)35(50)21-46)18-24-8-11-33(48)29-10-9-28(47)17-30(24)29/h8-15,17,19,27,35-36,38,41,46-48,50-53H,3-7,16,18,20-22H2,1-2H3. The number of aryl methyl sites for hydroxylation is 1. The number of anilines is 1. The highest BCUT2D eigenvalue weighted by molar-refractivity contribution is 6.12. The quantitative estimate of drug-likeness (QED) is 0.0801. The number of hydrogen-bond donors (Lipinski definition) is 7. The zero-order chi connectivity index (χ0) is 40.2. The molecule has 0 spiro atoms. The van der Waals surface area contributed by atoms with Crippen molar-refractivity contribution in [2.75, 3.05) is 24.7 Å². The molecule has 1 saturated carbocycles. The van der Waals surface area contributed by atoms with Crippen molar-refractivity contribution in [3.8, 4) is 17.2 Å². The van der Waals surface area contributed by atoms with Crippen LogP contribution in [-0.2, 0) is 22.6 Å². The number of aliphatic hydroxyl groups excluding tert-OH is 4. The van der Waals surface area contributed by atoms with E-state index in [1.54, 1.807) is 19.2 Å². The normalized spacial score (nSPS) is 23.4. The Kier molecular flexibility index (Phi) is 10.4. The number of rotatable bonds is 12. The van der Waals surface area contributed by atoms with E-state index >= 15 is 0 Å². The Labute approximate surface area is 328 Å². The first kappa shape index (κ1) is 39.0. The number of fused-ring (bicyclic) bond motifs is 4. The largest absolute Gasteiger partial charge is 0.508 e. The lowest BCUT2D eigenvalue weighted by Gasteiger charge is -2.48. The third-order valence-corrected chi connectivity index (χ3v) is 12.2. The number of allylic oxidation sites excluding steroid dienone is 1. The average molecular weight is 785 g/mol. The van der Waals surface area contributed by atoms with Gasteiger partial charge in [-0.3, -0.25) is 9.79 Å². The molecule has 1 aliphatic carbocycles. The van der Waals surface area contributed by atoms with Gasteiger partial charge >= 0.3 is 0 Å². The molecule has 6 atom stereocenters. The van der Waals surface area contributed by atoms with E-state index in [0.717, 1.165) is 43.4 Å². The van der Waals surface area contributed by atoms with E-state index in [2.05, 4.69) is 4.99 Å². The van der Waals surface area contributed by atoms with E-state index in [1.807, 2.05) is 24.1 Å². The van der Waals surface area contributed by atoms with E-state index in [9.17, 15) is 40.5 Å². The first-order chi connectivity index (χ1) is 27.3. The van der Waals surface area contributed by atoms with Crippen LogP contribution in [0.5, 0.6) is 17.2 Å². The van der Waals surface area contributed by atoms with Crippen molar-refractivity contribution in [1.29, 1.82) is 0 Å². The number of phenols is 2. The molecule has 4 aliphatic rings. The van der Waals surface area contributed by atoms with Gasteiger partial charge in [0, 0.05) is 53.7 Å². The molecule has 57 heavy (non-hydrogen) atoms. The number of aliphatic hydroxyl groups is 5. The molecule has 0 saturated heterocycles. The minimum Gasteiger partial charge on any atom is -0.508 e. The lowest BCUT2D eigenvalue weighted by molar-refractivity contribution is -0.374. The SMILES string of the molecule is Cc1cc(=O)c2cc3c(c(N4C=C5C=CN=C5C4)c2o1)OC(C)(C1CCCCC1)C(OOCC(O)(Cc1ccc(O)c2ccc(O)cc12)C(O)C(O)C(O)CO)C3. The van der Waals surface area contributed by atoms with Crippen LogP contribution in [0.3, 0.4) is 0 Å². The van der Waals surface area contributed by atoms with Gasteiger partial charge in [-0.05, 0) is 74.0 Å². The fourth-order valence-electron chi connectivity index (χ4n) is 8.90. The maximum Gasteiger partial charge on any atom is 0.193 e. The highest BCUT2D eigenvalue weighted by Gasteiger charge is 2.51. The van der Waals surface area contributed by atoms with Gasteiger partial charge in [0.05, 0.1) is 24.2 Å². The molecule has 3 aromatic carbocycles. The van der Waals surface area contributed by atoms with Gasteiger partial charge in [0.1, 0.15) is 65.2 Å². The van der Waals surface area contributed by atoms with Crippen LogP contribution in [0.25, 0.3) is 21.7 Å². The second kappa shape index (κ2) is 15.2. The number of ether oxygens (including phenoxy) is 1.